The van der Waals surface area contributed by atoms with Crippen molar-refractivity contribution in [3.8, 4) is 5.75 Å². The Morgan fingerprint density at radius 2 is 1.86 bits per heavy atom. The summed E-state index contributed by atoms with van der Waals surface area (Å²) in [5.74, 6) is -0.728. The summed E-state index contributed by atoms with van der Waals surface area (Å²) in [4.78, 5) is 28.4. The van der Waals surface area contributed by atoms with Crippen molar-refractivity contribution in [3.05, 3.63) is 105 Å². The summed E-state index contributed by atoms with van der Waals surface area (Å²) >= 11 is 14.9. The van der Waals surface area contributed by atoms with Gasteiger partial charge in [-0.05, 0) is 48.7 Å². The lowest BCUT2D eigenvalue weighted by atomic mass is 9.95. The third-order valence-electron chi connectivity index (χ3n) is 6.68. The van der Waals surface area contributed by atoms with Crippen LogP contribution in [0.1, 0.15) is 48.1 Å². The molecule has 0 bridgehead atoms. The fourth-order valence-corrected chi connectivity index (χ4v) is 6.88. The van der Waals surface area contributed by atoms with Crippen molar-refractivity contribution in [3.63, 3.8) is 0 Å². The first-order chi connectivity index (χ1) is 20.3. The molecule has 0 radical (unpaired) electrons. The molecule has 216 valence electrons. The van der Waals surface area contributed by atoms with E-state index in [9.17, 15) is 14.7 Å². The maximum Gasteiger partial charge on any atom is 0.301 e. The first kappa shape index (κ1) is 30.1. The van der Waals surface area contributed by atoms with Crippen LogP contribution in [0.25, 0.3) is 5.76 Å². The van der Waals surface area contributed by atoms with E-state index >= 15 is 0 Å². The summed E-state index contributed by atoms with van der Waals surface area (Å²) in [6, 6.07) is 18.7. The second-order valence-electron chi connectivity index (χ2n) is 9.68. The molecular weight excluding hydrogens is 613 g/mol. The molecule has 0 aliphatic carbocycles. The van der Waals surface area contributed by atoms with Crippen LogP contribution in [0.5, 0.6) is 5.75 Å². The van der Waals surface area contributed by atoms with Crippen molar-refractivity contribution < 1.29 is 19.4 Å². The predicted octanol–water partition coefficient (Wildman–Crippen LogP) is 8.25. The number of amides is 1. The van der Waals surface area contributed by atoms with Crippen LogP contribution in [0, 0.1) is 6.92 Å². The average molecular weight is 641 g/mol. The quantitative estimate of drug-likeness (QED) is 0.0466. The lowest BCUT2D eigenvalue weighted by Gasteiger charge is -2.23. The number of benzene rings is 3. The van der Waals surface area contributed by atoms with Gasteiger partial charge in [-0.15, -0.1) is 10.2 Å². The highest BCUT2D eigenvalue weighted by atomic mass is 35.5. The highest BCUT2D eigenvalue weighted by Gasteiger charge is 2.48. The van der Waals surface area contributed by atoms with Gasteiger partial charge in [-0.2, -0.15) is 0 Å². The number of halogens is 2. The van der Waals surface area contributed by atoms with Gasteiger partial charge in [-0.25, -0.2) is 0 Å². The molecule has 5 rings (SSSR count). The maximum atomic E-state index is 13.6. The van der Waals surface area contributed by atoms with Crippen LogP contribution in [0.3, 0.4) is 0 Å². The van der Waals surface area contributed by atoms with E-state index in [1.807, 2.05) is 31.2 Å². The number of carbonyl (C=O) groups is 2. The minimum absolute atomic E-state index is 0.0214. The van der Waals surface area contributed by atoms with Gasteiger partial charge in [0.2, 0.25) is 5.13 Å². The number of hydrogen-bond acceptors (Lipinski definition) is 8. The number of aliphatic hydroxyl groups excluding tert-OH is 1. The molecule has 1 N–H and O–H groups in total. The van der Waals surface area contributed by atoms with E-state index in [2.05, 4.69) is 17.1 Å². The number of nitrogens with zero attached hydrogens (tertiary/aromatic N) is 3. The molecular formula is C31H27Cl2N3O4S2. The van der Waals surface area contributed by atoms with Crippen molar-refractivity contribution >= 4 is 68.9 Å². The van der Waals surface area contributed by atoms with Gasteiger partial charge in [-0.1, -0.05) is 108 Å². The monoisotopic (exact) mass is 639 g/mol. The highest BCUT2D eigenvalue weighted by molar-refractivity contribution is 8.00. The second-order valence-corrected chi connectivity index (χ2v) is 12.7. The molecule has 1 saturated heterocycles. The third-order valence-corrected chi connectivity index (χ3v) is 9.37. The number of Topliss-reactive ketones (excluding diaryl/α,β-unsaturated/α-hetero) is 1. The van der Waals surface area contributed by atoms with Gasteiger partial charge in [0, 0.05) is 21.4 Å². The van der Waals surface area contributed by atoms with Crippen molar-refractivity contribution in [2.45, 2.75) is 42.8 Å². The Balaban J connectivity index is 1.53. The number of ketones is 1. The number of unbranched alkanes of at least 4 members (excludes halogenated alkanes) is 1. The van der Waals surface area contributed by atoms with Crippen LogP contribution in [-0.2, 0) is 15.3 Å². The summed E-state index contributed by atoms with van der Waals surface area (Å²) in [7, 11) is 0. The fraction of sp³-hybridized carbons (Fsp3) is 0.226. The summed E-state index contributed by atoms with van der Waals surface area (Å²) in [6.45, 7) is 4.55. The lowest BCUT2D eigenvalue weighted by Crippen LogP contribution is -2.29. The Morgan fingerprint density at radius 3 is 2.60 bits per heavy atom. The maximum absolute atomic E-state index is 13.6. The number of anilines is 1. The topological polar surface area (TPSA) is 92.6 Å². The number of rotatable bonds is 10. The van der Waals surface area contributed by atoms with E-state index in [4.69, 9.17) is 27.9 Å². The van der Waals surface area contributed by atoms with Crippen LogP contribution in [0.2, 0.25) is 10.0 Å². The Bertz CT molecular complexity index is 1660. The van der Waals surface area contributed by atoms with Crippen LogP contribution >= 0.6 is 46.3 Å². The fourth-order valence-electron chi connectivity index (χ4n) is 4.46. The summed E-state index contributed by atoms with van der Waals surface area (Å²) < 4.78 is 6.50. The van der Waals surface area contributed by atoms with Crippen LogP contribution < -0.4 is 9.64 Å². The molecule has 1 atom stereocenters. The van der Waals surface area contributed by atoms with Gasteiger partial charge in [-0.3, -0.25) is 14.5 Å². The summed E-state index contributed by atoms with van der Waals surface area (Å²) in [5.41, 5.74) is 2.90. The Morgan fingerprint density at radius 1 is 1.07 bits per heavy atom. The number of hydrogen-bond donors (Lipinski definition) is 1. The van der Waals surface area contributed by atoms with Crippen molar-refractivity contribution in [2.24, 2.45) is 0 Å². The van der Waals surface area contributed by atoms with Gasteiger partial charge >= 0.3 is 5.91 Å². The second kappa shape index (κ2) is 13.3. The van der Waals surface area contributed by atoms with Gasteiger partial charge < -0.3 is 9.84 Å². The minimum atomic E-state index is -0.933. The number of aryl methyl sites for hydroxylation is 1. The number of aromatic nitrogens is 2. The third kappa shape index (κ3) is 6.49. The molecule has 1 aromatic heterocycles. The van der Waals surface area contributed by atoms with E-state index in [0.29, 0.717) is 43.6 Å². The zero-order valence-electron chi connectivity index (χ0n) is 22.8. The molecule has 0 saturated carbocycles. The number of aliphatic hydroxyl groups is 1. The lowest BCUT2D eigenvalue weighted by molar-refractivity contribution is -0.132. The molecule has 2 heterocycles. The SMILES string of the molecule is CCCCOc1cccc(C2C(=C(O)c3ccc(C)cc3)C(=O)C(=O)N2c2nnc(SCc3ccc(Cl)cc3Cl)s2)c1. The molecule has 1 aliphatic rings. The average Bonchev–Trinajstić information content (AvgIpc) is 3.55. The van der Waals surface area contributed by atoms with Crippen LogP contribution in [0.15, 0.2) is 76.6 Å². The smallest absolute Gasteiger partial charge is 0.301 e. The largest absolute Gasteiger partial charge is 0.507 e. The van der Waals surface area contributed by atoms with E-state index in [1.165, 1.54) is 28.0 Å². The van der Waals surface area contributed by atoms with E-state index in [1.54, 1.807) is 42.5 Å². The standard InChI is InChI=1S/C31H27Cl2N3O4S2/c1-3-4-14-40-23-7-5-6-20(15-23)26-25(27(37)19-10-8-18(2)9-11-19)28(38)29(39)36(26)30-34-35-31(42-30)41-17-21-12-13-22(32)16-24(21)33/h5-13,15-16,26,37H,3-4,14,17H2,1-2H3. The van der Waals surface area contributed by atoms with Crippen LogP contribution in [0.4, 0.5) is 5.13 Å². The first-order valence-electron chi connectivity index (χ1n) is 13.3. The molecule has 3 aromatic carbocycles. The van der Waals surface area contributed by atoms with Gasteiger partial charge in [0.1, 0.15) is 11.5 Å². The highest BCUT2D eigenvalue weighted by Crippen LogP contribution is 2.44. The Kier molecular flexibility index (Phi) is 9.53. The molecule has 4 aromatic rings. The number of ether oxygens (including phenoxy) is 1. The summed E-state index contributed by atoms with van der Waals surface area (Å²) in [6.07, 6.45) is 1.88. The molecule has 1 unspecified atom stereocenters. The molecule has 1 fully saturated rings. The van der Waals surface area contributed by atoms with E-state index in [0.717, 1.165) is 24.0 Å². The zero-order chi connectivity index (χ0) is 29.8. The summed E-state index contributed by atoms with van der Waals surface area (Å²) in [5, 5.41) is 21.3. The number of carbonyl (C=O) groups excluding carboxylic acids is 2. The molecule has 7 nitrogen and oxygen atoms in total. The molecule has 42 heavy (non-hydrogen) atoms. The predicted molar refractivity (Wildman–Crippen MR) is 169 cm³/mol. The molecule has 1 aliphatic heterocycles. The molecule has 1 amide bonds. The van der Waals surface area contributed by atoms with Crippen molar-refractivity contribution in [1.82, 2.24) is 10.2 Å². The van der Waals surface area contributed by atoms with E-state index in [-0.39, 0.29) is 16.5 Å². The normalized spacial score (nSPS) is 16.3. The van der Waals surface area contributed by atoms with E-state index < -0.39 is 17.7 Å². The molecule has 0 spiro atoms. The van der Waals surface area contributed by atoms with Gasteiger partial charge in [0.15, 0.2) is 4.34 Å². The van der Waals surface area contributed by atoms with Crippen LogP contribution in [-0.4, -0.2) is 33.6 Å². The molecule has 11 heteroatoms. The van der Waals surface area contributed by atoms with Crippen molar-refractivity contribution in [2.75, 3.05) is 11.5 Å². The van der Waals surface area contributed by atoms with Crippen molar-refractivity contribution in [1.29, 1.82) is 0 Å². The van der Waals surface area contributed by atoms with Gasteiger partial charge in [0.25, 0.3) is 5.78 Å². The zero-order valence-corrected chi connectivity index (χ0v) is 26.0. The first-order valence-corrected chi connectivity index (χ1v) is 15.8. The van der Waals surface area contributed by atoms with Gasteiger partial charge in [0.05, 0.1) is 18.2 Å². The number of thioether (sulfide) groups is 1. The Labute approximate surface area is 262 Å². The minimum Gasteiger partial charge on any atom is -0.507 e. The Hall–Kier alpha value is -3.37.